The summed E-state index contributed by atoms with van der Waals surface area (Å²) in [7, 11) is 0. The Bertz CT molecular complexity index is 221. The van der Waals surface area contributed by atoms with Gasteiger partial charge in [-0.2, -0.15) is 0 Å². The second-order valence-electron chi connectivity index (χ2n) is 2.95. The van der Waals surface area contributed by atoms with E-state index >= 15 is 0 Å². The lowest BCUT2D eigenvalue weighted by Crippen LogP contribution is -2.45. The number of rotatable bonds is 2. The van der Waals surface area contributed by atoms with Crippen molar-refractivity contribution in [3.63, 3.8) is 0 Å². The molecule has 4 N–H and O–H groups in total. The SMILES string of the molecule is CCN1CC(NC(=S)NN)CC1=O. The normalized spacial score (nSPS) is 21.8. The Balaban J connectivity index is 2.40. The van der Waals surface area contributed by atoms with E-state index in [4.69, 9.17) is 18.1 Å². The Morgan fingerprint density at radius 1 is 1.85 bits per heavy atom. The van der Waals surface area contributed by atoms with Gasteiger partial charge in [-0.15, -0.1) is 0 Å². The lowest BCUT2D eigenvalue weighted by Gasteiger charge is -2.15. The van der Waals surface area contributed by atoms with E-state index in [-0.39, 0.29) is 11.9 Å². The van der Waals surface area contributed by atoms with Crippen LogP contribution in [0.5, 0.6) is 0 Å². The molecule has 1 atom stereocenters. The van der Waals surface area contributed by atoms with Crippen molar-refractivity contribution in [1.82, 2.24) is 15.6 Å². The molecule has 0 radical (unpaired) electrons. The summed E-state index contributed by atoms with van der Waals surface area (Å²) < 4.78 is 0. The maximum atomic E-state index is 11.3. The monoisotopic (exact) mass is 202 g/mol. The van der Waals surface area contributed by atoms with Gasteiger partial charge in [-0.05, 0) is 19.1 Å². The van der Waals surface area contributed by atoms with E-state index in [2.05, 4.69) is 10.7 Å². The number of likely N-dealkylation sites (tertiary alicyclic amines) is 1. The van der Waals surface area contributed by atoms with Crippen molar-refractivity contribution in [3.8, 4) is 0 Å². The number of carbonyl (C=O) groups is 1. The molecule has 0 spiro atoms. The predicted molar refractivity (Wildman–Crippen MR) is 53.7 cm³/mol. The van der Waals surface area contributed by atoms with Crippen LogP contribution in [0.2, 0.25) is 0 Å². The first kappa shape index (κ1) is 10.2. The van der Waals surface area contributed by atoms with Gasteiger partial charge in [0.1, 0.15) is 0 Å². The molecular weight excluding hydrogens is 188 g/mol. The minimum absolute atomic E-state index is 0.0935. The Morgan fingerprint density at radius 2 is 2.54 bits per heavy atom. The number of hydrazine groups is 1. The lowest BCUT2D eigenvalue weighted by molar-refractivity contribution is -0.127. The Kier molecular flexibility index (Phi) is 3.44. The van der Waals surface area contributed by atoms with Gasteiger partial charge in [-0.3, -0.25) is 4.79 Å². The summed E-state index contributed by atoms with van der Waals surface area (Å²) in [6.07, 6.45) is 0.496. The van der Waals surface area contributed by atoms with E-state index < -0.39 is 0 Å². The van der Waals surface area contributed by atoms with E-state index in [1.54, 1.807) is 4.90 Å². The van der Waals surface area contributed by atoms with Crippen LogP contribution in [-0.2, 0) is 4.79 Å². The van der Waals surface area contributed by atoms with Crippen molar-refractivity contribution in [2.75, 3.05) is 13.1 Å². The molecule has 0 saturated carbocycles. The van der Waals surface area contributed by atoms with Crippen molar-refractivity contribution in [2.24, 2.45) is 5.84 Å². The minimum Gasteiger partial charge on any atom is -0.357 e. The van der Waals surface area contributed by atoms with Crippen molar-refractivity contribution < 1.29 is 4.79 Å². The number of hydrogen-bond donors (Lipinski definition) is 3. The minimum atomic E-state index is 0.0935. The lowest BCUT2D eigenvalue weighted by atomic mass is 10.3. The number of nitrogens with two attached hydrogens (primary N) is 1. The van der Waals surface area contributed by atoms with Gasteiger partial charge in [-0.1, -0.05) is 0 Å². The topological polar surface area (TPSA) is 70.4 Å². The van der Waals surface area contributed by atoms with Crippen molar-refractivity contribution in [2.45, 2.75) is 19.4 Å². The molecule has 1 unspecified atom stereocenters. The molecule has 0 aromatic rings. The third kappa shape index (κ3) is 2.53. The number of amides is 1. The molecule has 1 rings (SSSR count). The van der Waals surface area contributed by atoms with Crippen molar-refractivity contribution in [3.05, 3.63) is 0 Å². The molecule has 1 saturated heterocycles. The van der Waals surface area contributed by atoms with Gasteiger partial charge in [0, 0.05) is 19.5 Å². The van der Waals surface area contributed by atoms with Crippen LogP contribution in [0.1, 0.15) is 13.3 Å². The van der Waals surface area contributed by atoms with Crippen LogP contribution < -0.4 is 16.6 Å². The summed E-state index contributed by atoms with van der Waals surface area (Å²) in [5, 5.41) is 3.34. The van der Waals surface area contributed by atoms with Gasteiger partial charge >= 0.3 is 0 Å². The number of nitrogens with zero attached hydrogens (tertiary/aromatic N) is 1. The molecular formula is C7H14N4OS. The average Bonchev–Trinajstić information content (AvgIpc) is 2.46. The molecule has 1 amide bonds. The second-order valence-corrected chi connectivity index (χ2v) is 3.36. The second kappa shape index (κ2) is 4.38. The highest BCUT2D eigenvalue weighted by Gasteiger charge is 2.28. The third-order valence-electron chi connectivity index (χ3n) is 2.06. The van der Waals surface area contributed by atoms with Gasteiger partial charge in [0.25, 0.3) is 0 Å². The zero-order chi connectivity index (χ0) is 9.84. The molecule has 1 aliphatic heterocycles. The van der Waals surface area contributed by atoms with E-state index in [0.717, 1.165) is 6.54 Å². The third-order valence-corrected chi connectivity index (χ3v) is 2.30. The first-order chi connectivity index (χ1) is 6.17. The van der Waals surface area contributed by atoms with Crippen LogP contribution >= 0.6 is 12.2 Å². The molecule has 13 heavy (non-hydrogen) atoms. The zero-order valence-corrected chi connectivity index (χ0v) is 8.36. The van der Waals surface area contributed by atoms with E-state index in [1.165, 1.54) is 0 Å². The number of likely N-dealkylation sites (N-methyl/N-ethyl adjacent to an activating group) is 1. The first-order valence-corrected chi connectivity index (χ1v) is 4.63. The van der Waals surface area contributed by atoms with Crippen LogP contribution in [0.15, 0.2) is 0 Å². The first-order valence-electron chi connectivity index (χ1n) is 4.22. The van der Waals surface area contributed by atoms with Crippen LogP contribution in [0.25, 0.3) is 0 Å². The van der Waals surface area contributed by atoms with Crippen LogP contribution in [0, 0.1) is 0 Å². The summed E-state index contributed by atoms with van der Waals surface area (Å²) >= 11 is 4.83. The number of thiocarbonyl (C=S) groups is 1. The molecule has 0 bridgehead atoms. The summed E-state index contributed by atoms with van der Waals surface area (Å²) in [5.41, 5.74) is 2.33. The fourth-order valence-electron chi connectivity index (χ4n) is 1.40. The maximum Gasteiger partial charge on any atom is 0.224 e. The number of nitrogens with one attached hydrogen (secondary N) is 2. The number of hydrogen-bond acceptors (Lipinski definition) is 3. The molecule has 1 heterocycles. The summed E-state index contributed by atoms with van der Waals surface area (Å²) in [6.45, 7) is 3.41. The molecule has 0 aromatic heterocycles. The number of carbonyl (C=O) groups excluding carboxylic acids is 1. The maximum absolute atomic E-state index is 11.3. The standard InChI is InChI=1S/C7H14N4OS/c1-2-11-4-5(3-6(11)12)9-7(13)10-8/h5H,2-4,8H2,1H3,(H2,9,10,13). The van der Waals surface area contributed by atoms with Crippen LogP contribution in [-0.4, -0.2) is 35.1 Å². The van der Waals surface area contributed by atoms with Gasteiger partial charge in [0.2, 0.25) is 5.91 Å². The quantitative estimate of drug-likeness (QED) is 0.303. The molecule has 1 aliphatic rings. The molecule has 5 nitrogen and oxygen atoms in total. The van der Waals surface area contributed by atoms with Crippen LogP contribution in [0.3, 0.4) is 0 Å². The smallest absolute Gasteiger partial charge is 0.224 e. The van der Waals surface area contributed by atoms with Crippen molar-refractivity contribution >= 4 is 23.2 Å². The molecule has 0 aromatic carbocycles. The zero-order valence-electron chi connectivity index (χ0n) is 7.54. The van der Waals surface area contributed by atoms with Crippen LogP contribution in [0.4, 0.5) is 0 Å². The Morgan fingerprint density at radius 3 is 3.00 bits per heavy atom. The summed E-state index contributed by atoms with van der Waals surface area (Å²) in [4.78, 5) is 13.1. The van der Waals surface area contributed by atoms with Gasteiger partial charge in [0.15, 0.2) is 5.11 Å². The van der Waals surface area contributed by atoms with Crippen molar-refractivity contribution in [1.29, 1.82) is 0 Å². The molecule has 1 fully saturated rings. The highest BCUT2D eigenvalue weighted by molar-refractivity contribution is 7.80. The highest BCUT2D eigenvalue weighted by Crippen LogP contribution is 2.09. The Hall–Kier alpha value is -0.880. The van der Waals surface area contributed by atoms with E-state index in [1.807, 2.05) is 6.92 Å². The summed E-state index contributed by atoms with van der Waals surface area (Å²) in [6, 6.07) is 0.0935. The molecule has 74 valence electrons. The summed E-state index contributed by atoms with van der Waals surface area (Å²) in [5.74, 6) is 5.27. The fourth-order valence-corrected chi connectivity index (χ4v) is 1.57. The van der Waals surface area contributed by atoms with Gasteiger partial charge in [0.05, 0.1) is 6.04 Å². The highest BCUT2D eigenvalue weighted by atomic mass is 32.1. The molecule has 6 heteroatoms. The van der Waals surface area contributed by atoms with E-state index in [0.29, 0.717) is 18.1 Å². The van der Waals surface area contributed by atoms with E-state index in [9.17, 15) is 4.79 Å². The van der Waals surface area contributed by atoms with Gasteiger partial charge < -0.3 is 15.6 Å². The van der Waals surface area contributed by atoms with Gasteiger partial charge in [-0.25, -0.2) is 5.84 Å². The fraction of sp³-hybridized carbons (Fsp3) is 0.714. The Labute approximate surface area is 82.6 Å². The average molecular weight is 202 g/mol. The largest absolute Gasteiger partial charge is 0.357 e. The predicted octanol–water partition coefficient (Wildman–Crippen LogP) is -1.05. The molecule has 0 aliphatic carbocycles.